The molecule has 0 spiro atoms. The van der Waals surface area contributed by atoms with Crippen LogP contribution in [-0.4, -0.2) is 39.3 Å². The van der Waals surface area contributed by atoms with Crippen molar-refractivity contribution in [1.82, 2.24) is 39.3 Å². The quantitative estimate of drug-likeness (QED) is 0.398. The van der Waals surface area contributed by atoms with E-state index in [0.717, 1.165) is 0 Å². The van der Waals surface area contributed by atoms with Crippen molar-refractivity contribution in [2.45, 2.75) is 0 Å². The number of fused-ring (bicyclic) bond motifs is 2. The van der Waals surface area contributed by atoms with Gasteiger partial charge in [0.15, 0.2) is 22.6 Å². The van der Waals surface area contributed by atoms with E-state index in [1.165, 1.54) is 22.0 Å². The first-order valence-electron chi connectivity index (χ1n) is 5.86. The lowest BCUT2D eigenvalue weighted by atomic mass is 10.5. The molecule has 21 heavy (non-hydrogen) atoms. The Morgan fingerprint density at radius 2 is 1.52 bits per heavy atom. The predicted molar refractivity (Wildman–Crippen MR) is 74.7 cm³/mol. The minimum absolute atomic E-state index is 0.141. The van der Waals surface area contributed by atoms with E-state index in [9.17, 15) is 0 Å². The van der Waals surface area contributed by atoms with Crippen molar-refractivity contribution in [3.8, 4) is 0 Å². The van der Waals surface area contributed by atoms with Gasteiger partial charge in [-0.3, -0.25) is 0 Å². The normalized spacial score (nSPS) is 11.4. The summed E-state index contributed by atoms with van der Waals surface area (Å²) in [6, 6.07) is 0. The second-order valence-electron chi connectivity index (χ2n) is 4.23. The van der Waals surface area contributed by atoms with Crippen molar-refractivity contribution >= 4 is 40.0 Å². The molecule has 4 aromatic heterocycles. The van der Waals surface area contributed by atoms with Gasteiger partial charge in [0.05, 0.1) is 6.20 Å². The zero-order valence-electron chi connectivity index (χ0n) is 10.5. The summed E-state index contributed by atoms with van der Waals surface area (Å²) in [6.07, 6.45) is 4.26. The number of hydrogen-bond acceptors (Lipinski definition) is 9. The fraction of sp³-hybridized carbons (Fsp3) is 0. The van der Waals surface area contributed by atoms with Crippen LogP contribution in [0.5, 0.6) is 0 Å². The minimum atomic E-state index is 0.141. The molecule has 0 unspecified atom stereocenters. The van der Waals surface area contributed by atoms with Crippen molar-refractivity contribution in [2.24, 2.45) is 0 Å². The zero-order chi connectivity index (χ0) is 14.6. The molecule has 0 amide bonds. The van der Waals surface area contributed by atoms with Gasteiger partial charge >= 0.3 is 0 Å². The Labute approximate surface area is 116 Å². The fourth-order valence-corrected chi connectivity index (χ4v) is 2.15. The van der Waals surface area contributed by atoms with Gasteiger partial charge in [-0.15, -0.1) is 0 Å². The number of hydrogen-bond donors (Lipinski definition) is 3. The van der Waals surface area contributed by atoms with Crippen LogP contribution in [0.3, 0.4) is 0 Å². The Hall–Kier alpha value is -3.50. The smallest absolute Gasteiger partial charge is 0.222 e. The van der Waals surface area contributed by atoms with Crippen LogP contribution < -0.4 is 17.2 Å². The molecule has 0 aliphatic carbocycles. The second kappa shape index (κ2) is 3.75. The molecular weight excluding hydrogens is 274 g/mol. The van der Waals surface area contributed by atoms with Crippen molar-refractivity contribution in [3.05, 3.63) is 18.9 Å². The summed E-state index contributed by atoms with van der Waals surface area (Å²) in [5, 5.41) is 0. The highest BCUT2D eigenvalue weighted by molar-refractivity contribution is 5.84. The lowest BCUT2D eigenvalue weighted by Crippen LogP contribution is -2.16. The Morgan fingerprint density at radius 3 is 2.38 bits per heavy atom. The van der Waals surface area contributed by atoms with Crippen molar-refractivity contribution in [3.63, 3.8) is 0 Å². The molecule has 4 heterocycles. The number of anilines is 3. The molecule has 0 fully saturated rings. The topological polar surface area (TPSA) is 165 Å². The first kappa shape index (κ1) is 11.3. The molecule has 0 atom stereocenters. The van der Waals surface area contributed by atoms with Crippen molar-refractivity contribution < 1.29 is 0 Å². The Balaban J connectivity index is 2.17. The molecule has 104 valence electrons. The highest BCUT2D eigenvalue weighted by Gasteiger charge is 2.19. The molecule has 0 saturated heterocycles. The van der Waals surface area contributed by atoms with Crippen LogP contribution in [0.2, 0.25) is 0 Å². The monoisotopic (exact) mass is 283 g/mol. The summed E-state index contributed by atoms with van der Waals surface area (Å²) in [4.78, 5) is 24.4. The van der Waals surface area contributed by atoms with Crippen LogP contribution in [0.4, 0.5) is 17.7 Å². The van der Waals surface area contributed by atoms with Gasteiger partial charge in [-0.25, -0.2) is 29.9 Å². The maximum Gasteiger partial charge on any atom is 0.222 e. The average molecular weight is 283 g/mol. The van der Waals surface area contributed by atoms with E-state index < -0.39 is 0 Å². The average Bonchev–Trinajstić information content (AvgIpc) is 2.96. The van der Waals surface area contributed by atoms with Gasteiger partial charge in [-0.1, -0.05) is 0 Å². The molecular formula is C10H9N11. The summed E-state index contributed by atoms with van der Waals surface area (Å²) < 4.78 is 2.97. The Kier molecular flexibility index (Phi) is 2.03. The van der Waals surface area contributed by atoms with E-state index in [2.05, 4.69) is 29.9 Å². The highest BCUT2D eigenvalue weighted by Crippen LogP contribution is 2.23. The Bertz CT molecular complexity index is 981. The molecule has 0 radical (unpaired) electrons. The lowest BCUT2D eigenvalue weighted by molar-refractivity contribution is 0.710. The van der Waals surface area contributed by atoms with Gasteiger partial charge in [0.25, 0.3) is 0 Å². The van der Waals surface area contributed by atoms with Crippen molar-refractivity contribution in [2.75, 3.05) is 17.2 Å². The van der Waals surface area contributed by atoms with Gasteiger partial charge < -0.3 is 17.2 Å². The first-order chi connectivity index (χ1) is 10.2. The summed E-state index contributed by atoms with van der Waals surface area (Å²) in [5.41, 5.74) is 19.5. The molecule has 0 aliphatic rings. The van der Waals surface area contributed by atoms with Crippen LogP contribution in [0.25, 0.3) is 22.3 Å². The number of aromatic nitrogens is 8. The summed E-state index contributed by atoms with van der Waals surface area (Å²) >= 11 is 0. The van der Waals surface area contributed by atoms with Gasteiger partial charge in [0, 0.05) is 0 Å². The van der Waals surface area contributed by atoms with E-state index in [0.29, 0.717) is 22.3 Å². The van der Waals surface area contributed by atoms with Crippen molar-refractivity contribution in [1.29, 1.82) is 0 Å². The van der Waals surface area contributed by atoms with Gasteiger partial charge in [-0.2, -0.15) is 9.35 Å². The molecule has 0 saturated carbocycles. The van der Waals surface area contributed by atoms with E-state index in [4.69, 9.17) is 17.2 Å². The molecule has 11 heteroatoms. The Morgan fingerprint density at radius 1 is 0.810 bits per heavy atom. The maximum absolute atomic E-state index is 5.95. The van der Waals surface area contributed by atoms with E-state index in [-0.39, 0.29) is 17.7 Å². The standard InChI is InChI=1S/C10H9N11/c11-6-5-8(17-3-15-6)21(10(13)19-5)20-7-4(18-9(20)12)1-14-2-16-7/h1-3H,(H2,12,18)(H2,13,19)(H2,11,15,17). The van der Waals surface area contributed by atoms with Gasteiger partial charge in [0.1, 0.15) is 18.2 Å². The largest absolute Gasteiger partial charge is 0.382 e. The van der Waals surface area contributed by atoms with Crippen LogP contribution >= 0.6 is 0 Å². The first-order valence-corrected chi connectivity index (χ1v) is 5.86. The summed E-state index contributed by atoms with van der Waals surface area (Å²) in [7, 11) is 0. The fourth-order valence-electron chi connectivity index (χ4n) is 2.15. The molecule has 11 nitrogen and oxygen atoms in total. The summed E-state index contributed by atoms with van der Waals surface area (Å²) in [6.45, 7) is 0. The molecule has 0 bridgehead atoms. The molecule has 4 rings (SSSR count). The molecule has 0 aromatic carbocycles. The number of nitrogens with zero attached hydrogens (tertiary/aromatic N) is 8. The number of nitrogens with two attached hydrogens (primary N) is 3. The van der Waals surface area contributed by atoms with Crippen LogP contribution in [-0.2, 0) is 0 Å². The molecule has 0 aliphatic heterocycles. The van der Waals surface area contributed by atoms with Crippen LogP contribution in [0.15, 0.2) is 18.9 Å². The highest BCUT2D eigenvalue weighted by atomic mass is 15.6. The summed E-state index contributed by atoms with van der Waals surface area (Å²) in [5.74, 6) is 0.540. The number of nitrogen functional groups attached to an aromatic ring is 3. The third kappa shape index (κ3) is 1.42. The van der Waals surface area contributed by atoms with E-state index >= 15 is 0 Å². The third-order valence-corrected chi connectivity index (χ3v) is 3.00. The lowest BCUT2D eigenvalue weighted by Gasteiger charge is -2.08. The third-order valence-electron chi connectivity index (χ3n) is 3.00. The number of imidazole rings is 2. The molecule has 6 N–H and O–H groups in total. The second-order valence-corrected chi connectivity index (χ2v) is 4.23. The molecule has 4 aromatic rings. The minimum Gasteiger partial charge on any atom is -0.382 e. The van der Waals surface area contributed by atoms with Gasteiger partial charge in [0.2, 0.25) is 11.9 Å². The maximum atomic E-state index is 5.95. The van der Waals surface area contributed by atoms with E-state index in [1.807, 2.05) is 0 Å². The zero-order valence-corrected chi connectivity index (χ0v) is 10.5. The van der Waals surface area contributed by atoms with Crippen LogP contribution in [0.1, 0.15) is 0 Å². The SMILES string of the molecule is Nc1ncnc2c1nc(N)n2-n1c(N)nc2cncnc21. The van der Waals surface area contributed by atoms with Crippen LogP contribution in [0, 0.1) is 0 Å². The van der Waals surface area contributed by atoms with E-state index in [1.54, 1.807) is 6.20 Å². The number of rotatable bonds is 1. The predicted octanol–water partition coefficient (Wildman–Crippen LogP) is -0.976. The van der Waals surface area contributed by atoms with Gasteiger partial charge in [-0.05, 0) is 0 Å².